The highest BCUT2D eigenvalue weighted by Gasteiger charge is 2.22. The van der Waals surface area contributed by atoms with E-state index in [9.17, 15) is 9.90 Å². The average molecular weight is 292 g/mol. The van der Waals surface area contributed by atoms with E-state index in [1.54, 1.807) is 18.7 Å². The lowest BCUT2D eigenvalue weighted by atomic mass is 10.1. The van der Waals surface area contributed by atoms with Crippen molar-refractivity contribution in [3.05, 3.63) is 29.3 Å². The second-order valence-corrected chi connectivity index (χ2v) is 6.09. The Hall–Kier alpha value is -1.55. The molecule has 0 spiro atoms. The summed E-state index contributed by atoms with van der Waals surface area (Å²) in [5.41, 5.74) is 1.91. The monoisotopic (exact) mass is 292 g/mol. The molecule has 4 nitrogen and oxygen atoms in total. The van der Waals surface area contributed by atoms with Crippen molar-refractivity contribution < 1.29 is 9.90 Å². The number of likely N-dealkylation sites (N-methyl/N-ethyl adjacent to an activating group) is 1. The fourth-order valence-corrected chi connectivity index (χ4v) is 2.23. The van der Waals surface area contributed by atoms with Crippen LogP contribution < -0.4 is 5.32 Å². The molecule has 0 unspecified atom stereocenters. The largest absolute Gasteiger partial charge is 0.389 e. The SMILES string of the molecule is CCCNc1ccc(C(=O)N(CC)CC(C)(C)O)cc1C. The molecule has 1 amide bonds. The molecule has 0 fully saturated rings. The zero-order chi connectivity index (χ0) is 16.0. The second-order valence-electron chi connectivity index (χ2n) is 6.09. The number of hydrogen-bond acceptors (Lipinski definition) is 3. The molecule has 4 heteroatoms. The van der Waals surface area contributed by atoms with Gasteiger partial charge in [0.05, 0.1) is 5.60 Å². The van der Waals surface area contributed by atoms with Gasteiger partial charge in [0.1, 0.15) is 0 Å². The summed E-state index contributed by atoms with van der Waals surface area (Å²) in [6.45, 7) is 11.3. The number of rotatable bonds is 7. The Bertz CT molecular complexity index is 478. The summed E-state index contributed by atoms with van der Waals surface area (Å²) in [4.78, 5) is 14.2. The van der Waals surface area contributed by atoms with Gasteiger partial charge in [-0.1, -0.05) is 6.92 Å². The molecule has 0 heterocycles. The number of hydrogen-bond donors (Lipinski definition) is 2. The molecule has 1 aromatic rings. The van der Waals surface area contributed by atoms with Crippen molar-refractivity contribution in [3.63, 3.8) is 0 Å². The maximum Gasteiger partial charge on any atom is 0.253 e. The number of carbonyl (C=O) groups is 1. The fourth-order valence-electron chi connectivity index (χ4n) is 2.23. The lowest BCUT2D eigenvalue weighted by Crippen LogP contribution is -2.42. The molecular weight excluding hydrogens is 264 g/mol. The molecule has 2 N–H and O–H groups in total. The Labute approximate surface area is 128 Å². The van der Waals surface area contributed by atoms with Crippen molar-refractivity contribution in [2.24, 2.45) is 0 Å². The second kappa shape index (κ2) is 7.46. The van der Waals surface area contributed by atoms with Crippen LogP contribution in [0.5, 0.6) is 0 Å². The van der Waals surface area contributed by atoms with Gasteiger partial charge in [0.15, 0.2) is 0 Å². The van der Waals surface area contributed by atoms with Gasteiger partial charge >= 0.3 is 0 Å². The third-order valence-corrected chi connectivity index (χ3v) is 3.29. The predicted octanol–water partition coefficient (Wildman–Crippen LogP) is 3.05. The lowest BCUT2D eigenvalue weighted by Gasteiger charge is -2.28. The van der Waals surface area contributed by atoms with Crippen molar-refractivity contribution in [2.45, 2.75) is 46.6 Å². The van der Waals surface area contributed by atoms with Gasteiger partial charge in [-0.15, -0.1) is 0 Å². The molecular formula is C17H28N2O2. The van der Waals surface area contributed by atoms with Gasteiger partial charge in [-0.25, -0.2) is 0 Å². The molecule has 21 heavy (non-hydrogen) atoms. The van der Waals surface area contributed by atoms with Gasteiger partial charge in [-0.05, 0) is 57.9 Å². The van der Waals surface area contributed by atoms with Crippen LogP contribution in [0.1, 0.15) is 50.0 Å². The summed E-state index contributed by atoms with van der Waals surface area (Å²) in [7, 11) is 0. The highest BCUT2D eigenvalue weighted by atomic mass is 16.3. The highest BCUT2D eigenvalue weighted by molar-refractivity contribution is 5.95. The quantitative estimate of drug-likeness (QED) is 0.812. The number of aryl methyl sites for hydroxylation is 1. The smallest absolute Gasteiger partial charge is 0.253 e. The first-order valence-electron chi connectivity index (χ1n) is 7.64. The first-order chi connectivity index (χ1) is 9.78. The minimum absolute atomic E-state index is 0.0373. The van der Waals surface area contributed by atoms with E-state index in [1.807, 2.05) is 32.0 Å². The summed E-state index contributed by atoms with van der Waals surface area (Å²) >= 11 is 0. The highest BCUT2D eigenvalue weighted by Crippen LogP contribution is 2.18. The number of benzene rings is 1. The van der Waals surface area contributed by atoms with Crippen LogP contribution in [-0.2, 0) is 0 Å². The molecule has 1 rings (SSSR count). The van der Waals surface area contributed by atoms with Crippen LogP contribution in [0.4, 0.5) is 5.69 Å². The Morgan fingerprint density at radius 1 is 1.33 bits per heavy atom. The number of nitrogens with zero attached hydrogens (tertiary/aromatic N) is 1. The van der Waals surface area contributed by atoms with Crippen LogP contribution in [0.15, 0.2) is 18.2 Å². The van der Waals surface area contributed by atoms with Crippen LogP contribution in [0.2, 0.25) is 0 Å². The topological polar surface area (TPSA) is 52.6 Å². The van der Waals surface area contributed by atoms with Gasteiger partial charge in [-0.2, -0.15) is 0 Å². The van der Waals surface area contributed by atoms with Crippen LogP contribution in [0, 0.1) is 6.92 Å². The van der Waals surface area contributed by atoms with E-state index in [0.29, 0.717) is 18.7 Å². The normalized spacial score (nSPS) is 11.3. The number of nitrogens with one attached hydrogen (secondary N) is 1. The maximum atomic E-state index is 12.5. The van der Waals surface area contributed by atoms with Gasteiger partial charge in [-0.3, -0.25) is 4.79 Å². The number of aliphatic hydroxyl groups is 1. The number of amides is 1. The zero-order valence-corrected chi connectivity index (χ0v) is 13.9. The lowest BCUT2D eigenvalue weighted by molar-refractivity contribution is 0.0314. The predicted molar refractivity (Wildman–Crippen MR) is 87.8 cm³/mol. The van der Waals surface area contributed by atoms with Crippen LogP contribution in [0.3, 0.4) is 0 Å². The number of carbonyl (C=O) groups excluding carboxylic acids is 1. The molecule has 118 valence electrons. The third-order valence-electron chi connectivity index (χ3n) is 3.29. The summed E-state index contributed by atoms with van der Waals surface area (Å²) in [6, 6.07) is 5.71. The van der Waals surface area contributed by atoms with Gasteiger partial charge in [0.2, 0.25) is 0 Å². The van der Waals surface area contributed by atoms with E-state index in [1.165, 1.54) is 0 Å². The average Bonchev–Trinajstić information content (AvgIpc) is 2.41. The zero-order valence-electron chi connectivity index (χ0n) is 13.9. The summed E-state index contributed by atoms with van der Waals surface area (Å²) in [6.07, 6.45) is 1.06. The molecule has 0 aliphatic rings. The van der Waals surface area contributed by atoms with E-state index in [2.05, 4.69) is 12.2 Å². The fraction of sp³-hybridized carbons (Fsp3) is 0.588. The summed E-state index contributed by atoms with van der Waals surface area (Å²) in [5, 5.41) is 13.3. The van der Waals surface area contributed by atoms with Crippen LogP contribution in [0.25, 0.3) is 0 Å². The number of anilines is 1. The molecule has 0 radical (unpaired) electrons. The molecule has 0 saturated heterocycles. The van der Waals surface area contributed by atoms with E-state index in [4.69, 9.17) is 0 Å². The maximum absolute atomic E-state index is 12.5. The van der Waals surface area contributed by atoms with Crippen molar-refractivity contribution in [2.75, 3.05) is 25.0 Å². The minimum Gasteiger partial charge on any atom is -0.389 e. The van der Waals surface area contributed by atoms with Crippen molar-refractivity contribution in [3.8, 4) is 0 Å². The molecule has 0 bridgehead atoms. The minimum atomic E-state index is -0.886. The summed E-state index contributed by atoms with van der Waals surface area (Å²) in [5.74, 6) is -0.0373. The van der Waals surface area contributed by atoms with E-state index < -0.39 is 5.60 Å². The molecule has 0 aliphatic carbocycles. The molecule has 0 saturated carbocycles. The Morgan fingerprint density at radius 2 is 2.00 bits per heavy atom. The Morgan fingerprint density at radius 3 is 2.48 bits per heavy atom. The van der Waals surface area contributed by atoms with Gasteiger partial charge < -0.3 is 15.3 Å². The van der Waals surface area contributed by atoms with Crippen molar-refractivity contribution in [1.29, 1.82) is 0 Å². The molecule has 1 aromatic carbocycles. The Kier molecular flexibility index (Phi) is 6.21. The van der Waals surface area contributed by atoms with Crippen molar-refractivity contribution >= 4 is 11.6 Å². The van der Waals surface area contributed by atoms with Crippen molar-refractivity contribution in [1.82, 2.24) is 4.90 Å². The molecule has 0 aromatic heterocycles. The Balaban J connectivity index is 2.89. The molecule has 0 atom stereocenters. The van der Waals surface area contributed by atoms with E-state index in [0.717, 1.165) is 24.2 Å². The van der Waals surface area contributed by atoms with Gasteiger partial charge in [0.25, 0.3) is 5.91 Å². The van der Waals surface area contributed by atoms with Gasteiger partial charge in [0, 0.05) is 30.9 Å². The third kappa shape index (κ3) is 5.38. The van der Waals surface area contributed by atoms with E-state index >= 15 is 0 Å². The van der Waals surface area contributed by atoms with E-state index in [-0.39, 0.29) is 5.91 Å². The summed E-state index contributed by atoms with van der Waals surface area (Å²) < 4.78 is 0. The van der Waals surface area contributed by atoms with Crippen LogP contribution in [-0.4, -0.2) is 41.1 Å². The first kappa shape index (κ1) is 17.5. The molecule has 0 aliphatic heterocycles. The standard InChI is InChI=1S/C17H28N2O2/c1-6-10-18-15-9-8-14(11-13(15)3)16(20)19(7-2)12-17(4,5)21/h8-9,11,18,21H,6-7,10,12H2,1-5H3. The van der Waals surface area contributed by atoms with Crippen LogP contribution >= 0.6 is 0 Å². The first-order valence-corrected chi connectivity index (χ1v) is 7.64.